The van der Waals surface area contributed by atoms with Crippen molar-refractivity contribution < 1.29 is 28.4 Å². The molecule has 2 heterocycles. The van der Waals surface area contributed by atoms with Gasteiger partial charge in [-0.2, -0.15) is 0 Å². The van der Waals surface area contributed by atoms with Gasteiger partial charge >= 0.3 is 0 Å². The minimum absolute atomic E-state index is 0.521. The first-order valence-electron chi connectivity index (χ1n) is 10.6. The molecule has 0 saturated carbocycles. The second kappa shape index (κ2) is 10.5. The Hall–Kier alpha value is -3.98. The van der Waals surface area contributed by atoms with Gasteiger partial charge in [0.25, 0.3) is 0 Å². The molecule has 0 fully saturated rings. The number of pyridine rings is 1. The monoisotopic (exact) mass is 494 g/mol. The van der Waals surface area contributed by atoms with E-state index in [0.717, 1.165) is 32.3 Å². The number of hydrogen-bond acceptors (Lipinski definition) is 9. The molecule has 35 heavy (non-hydrogen) atoms. The van der Waals surface area contributed by atoms with Crippen molar-refractivity contribution in [2.24, 2.45) is 0 Å². The maximum absolute atomic E-state index is 5.58. The molecule has 0 bridgehead atoms. The molecule has 0 amide bonds. The molecule has 0 unspecified atom stereocenters. The standard InChI is InChI=1S/C26H26N2O6S/c1-29-18-10-16(11-19(30-2)23(18)33-5)25-22(15-8-7-9-27-14-15)28-26(35-25)17-12-20(31-3)24(34-6)21(13-17)32-4/h7-14H,1-6H3. The Labute approximate surface area is 208 Å². The summed E-state index contributed by atoms with van der Waals surface area (Å²) >= 11 is 1.52. The van der Waals surface area contributed by atoms with Crippen molar-refractivity contribution in [1.29, 1.82) is 0 Å². The van der Waals surface area contributed by atoms with Crippen molar-refractivity contribution in [3.05, 3.63) is 48.8 Å². The van der Waals surface area contributed by atoms with Crippen LogP contribution in [0.4, 0.5) is 0 Å². The van der Waals surface area contributed by atoms with Gasteiger partial charge in [0, 0.05) is 29.1 Å². The number of aromatic nitrogens is 2. The molecule has 0 N–H and O–H groups in total. The highest BCUT2D eigenvalue weighted by Gasteiger charge is 2.22. The summed E-state index contributed by atoms with van der Waals surface area (Å²) in [6, 6.07) is 11.4. The number of nitrogens with zero attached hydrogens (tertiary/aromatic N) is 2. The Morgan fingerprint density at radius 3 is 1.57 bits per heavy atom. The molecular formula is C26H26N2O6S. The van der Waals surface area contributed by atoms with Crippen LogP contribution in [0.1, 0.15) is 0 Å². The van der Waals surface area contributed by atoms with Crippen molar-refractivity contribution >= 4 is 11.3 Å². The Kier molecular flexibility index (Phi) is 7.26. The highest BCUT2D eigenvalue weighted by molar-refractivity contribution is 7.19. The summed E-state index contributed by atoms with van der Waals surface area (Å²) in [5, 5.41) is 0.770. The number of ether oxygens (including phenoxy) is 6. The zero-order valence-corrected chi connectivity index (χ0v) is 21.2. The van der Waals surface area contributed by atoms with Crippen molar-refractivity contribution in [3.8, 4) is 66.8 Å². The lowest BCUT2D eigenvalue weighted by Gasteiger charge is -2.14. The fourth-order valence-corrected chi connectivity index (χ4v) is 4.82. The lowest BCUT2D eigenvalue weighted by molar-refractivity contribution is 0.324. The largest absolute Gasteiger partial charge is 0.493 e. The van der Waals surface area contributed by atoms with E-state index in [1.54, 1.807) is 55.1 Å². The van der Waals surface area contributed by atoms with Gasteiger partial charge in [-0.3, -0.25) is 4.98 Å². The first-order chi connectivity index (χ1) is 17.1. The van der Waals surface area contributed by atoms with Gasteiger partial charge in [0.2, 0.25) is 11.5 Å². The number of methoxy groups -OCH3 is 6. The highest BCUT2D eigenvalue weighted by Crippen LogP contribution is 2.48. The molecule has 0 aliphatic carbocycles. The van der Waals surface area contributed by atoms with E-state index >= 15 is 0 Å². The van der Waals surface area contributed by atoms with E-state index in [4.69, 9.17) is 33.4 Å². The van der Waals surface area contributed by atoms with Gasteiger partial charge in [-0.25, -0.2) is 4.98 Å². The summed E-state index contributed by atoms with van der Waals surface area (Å²) in [6.07, 6.45) is 3.52. The van der Waals surface area contributed by atoms with Crippen LogP contribution in [-0.4, -0.2) is 52.6 Å². The molecule has 0 saturated heterocycles. The first kappa shape index (κ1) is 24.2. The van der Waals surface area contributed by atoms with Gasteiger partial charge < -0.3 is 28.4 Å². The van der Waals surface area contributed by atoms with Crippen LogP contribution in [0, 0.1) is 0 Å². The van der Waals surface area contributed by atoms with Gasteiger partial charge in [0.15, 0.2) is 23.0 Å². The van der Waals surface area contributed by atoms with E-state index in [0.29, 0.717) is 34.5 Å². The fraction of sp³-hybridized carbons (Fsp3) is 0.231. The molecule has 182 valence electrons. The summed E-state index contributed by atoms with van der Waals surface area (Å²) in [6.45, 7) is 0. The summed E-state index contributed by atoms with van der Waals surface area (Å²) in [5.74, 6) is 3.26. The third-order valence-corrected chi connectivity index (χ3v) is 6.55. The Morgan fingerprint density at radius 2 is 1.14 bits per heavy atom. The van der Waals surface area contributed by atoms with Gasteiger partial charge in [0.1, 0.15) is 5.01 Å². The van der Waals surface area contributed by atoms with Crippen LogP contribution in [0.25, 0.3) is 32.3 Å². The minimum atomic E-state index is 0.521. The molecule has 8 nitrogen and oxygen atoms in total. The summed E-state index contributed by atoms with van der Waals surface area (Å²) in [4.78, 5) is 10.2. The predicted molar refractivity (Wildman–Crippen MR) is 136 cm³/mol. The molecule has 0 aliphatic rings. The average Bonchev–Trinajstić information content (AvgIpc) is 3.37. The lowest BCUT2D eigenvalue weighted by atomic mass is 10.1. The van der Waals surface area contributed by atoms with E-state index in [9.17, 15) is 0 Å². The molecule has 0 aliphatic heterocycles. The Morgan fingerprint density at radius 1 is 0.629 bits per heavy atom. The first-order valence-corrected chi connectivity index (χ1v) is 11.4. The van der Waals surface area contributed by atoms with Crippen molar-refractivity contribution in [2.45, 2.75) is 0 Å². The van der Waals surface area contributed by atoms with Crippen LogP contribution in [0.2, 0.25) is 0 Å². The molecule has 0 atom stereocenters. The minimum Gasteiger partial charge on any atom is -0.493 e. The number of hydrogen-bond donors (Lipinski definition) is 0. The summed E-state index contributed by atoms with van der Waals surface area (Å²) in [7, 11) is 9.52. The molecule has 0 spiro atoms. The van der Waals surface area contributed by atoms with Crippen LogP contribution in [0.3, 0.4) is 0 Å². The van der Waals surface area contributed by atoms with E-state index < -0.39 is 0 Å². The highest BCUT2D eigenvalue weighted by atomic mass is 32.1. The Bertz CT molecular complexity index is 1270. The van der Waals surface area contributed by atoms with Gasteiger partial charge in [-0.15, -0.1) is 11.3 Å². The maximum Gasteiger partial charge on any atom is 0.203 e. The molecule has 2 aromatic carbocycles. The fourth-order valence-electron chi connectivity index (χ4n) is 3.75. The molecule has 9 heteroatoms. The number of rotatable bonds is 9. The van der Waals surface area contributed by atoms with Crippen LogP contribution < -0.4 is 28.4 Å². The third kappa shape index (κ3) is 4.54. The van der Waals surface area contributed by atoms with Crippen molar-refractivity contribution in [1.82, 2.24) is 9.97 Å². The van der Waals surface area contributed by atoms with Crippen molar-refractivity contribution in [2.75, 3.05) is 42.7 Å². The van der Waals surface area contributed by atoms with Crippen LogP contribution >= 0.6 is 11.3 Å². The van der Waals surface area contributed by atoms with Gasteiger partial charge in [-0.1, -0.05) is 0 Å². The molecule has 4 aromatic rings. The SMILES string of the molecule is COc1cc(-c2nc(-c3cccnc3)c(-c3cc(OC)c(OC)c(OC)c3)s2)cc(OC)c1OC. The van der Waals surface area contributed by atoms with E-state index in [1.165, 1.54) is 11.3 Å². The second-order valence-corrected chi connectivity index (χ2v) is 8.27. The normalized spacial score (nSPS) is 10.6. The molecule has 2 aromatic heterocycles. The van der Waals surface area contributed by atoms with E-state index in [1.807, 2.05) is 36.4 Å². The second-order valence-electron chi connectivity index (χ2n) is 7.27. The van der Waals surface area contributed by atoms with E-state index in [-0.39, 0.29) is 0 Å². The zero-order chi connectivity index (χ0) is 24.9. The third-order valence-electron chi connectivity index (χ3n) is 5.40. The lowest BCUT2D eigenvalue weighted by Crippen LogP contribution is -1.95. The van der Waals surface area contributed by atoms with Gasteiger partial charge in [-0.05, 0) is 36.4 Å². The molecule has 4 rings (SSSR count). The van der Waals surface area contributed by atoms with Crippen molar-refractivity contribution in [3.63, 3.8) is 0 Å². The quantitative estimate of drug-likeness (QED) is 0.298. The zero-order valence-electron chi connectivity index (χ0n) is 20.4. The predicted octanol–water partition coefficient (Wildman–Crippen LogP) is 5.59. The average molecular weight is 495 g/mol. The summed E-state index contributed by atoms with van der Waals surface area (Å²) in [5.41, 5.74) is 3.36. The van der Waals surface area contributed by atoms with E-state index in [2.05, 4.69) is 4.98 Å². The van der Waals surface area contributed by atoms with Gasteiger partial charge in [0.05, 0.1) is 53.2 Å². The van der Waals surface area contributed by atoms with Crippen LogP contribution in [0.15, 0.2) is 48.8 Å². The number of benzene rings is 2. The Balaban J connectivity index is 1.96. The van der Waals surface area contributed by atoms with Crippen LogP contribution in [0.5, 0.6) is 34.5 Å². The molecular weight excluding hydrogens is 468 g/mol. The van der Waals surface area contributed by atoms with Crippen LogP contribution in [-0.2, 0) is 0 Å². The molecule has 0 radical (unpaired) electrons. The topological polar surface area (TPSA) is 81.2 Å². The maximum atomic E-state index is 5.58. The summed E-state index contributed by atoms with van der Waals surface area (Å²) < 4.78 is 33.2. The number of thiazole rings is 1. The smallest absolute Gasteiger partial charge is 0.203 e.